The van der Waals surface area contributed by atoms with Gasteiger partial charge < -0.3 is 10.6 Å². The highest BCUT2D eigenvalue weighted by Crippen LogP contribution is 2.22. The van der Waals surface area contributed by atoms with E-state index >= 15 is 0 Å². The van der Waals surface area contributed by atoms with Crippen molar-refractivity contribution in [2.75, 3.05) is 25.0 Å². The second-order valence-electron chi connectivity index (χ2n) is 4.62. The fraction of sp³-hybridized carbons (Fsp3) is 0.462. The predicted molar refractivity (Wildman–Crippen MR) is 84.3 cm³/mol. The standard InChI is InChI=1S/C13H19N3O2S2/c1-2-14-13(19)15-11-5-7-12(8-6-11)20(17,18)16-9-3-4-10-16/h5-8H,2-4,9-10H2,1H3,(H2,14,15,19). The summed E-state index contributed by atoms with van der Waals surface area (Å²) in [5.41, 5.74) is 0.774. The number of hydrogen-bond donors (Lipinski definition) is 2. The molecule has 7 heteroatoms. The third-order valence-corrected chi connectivity index (χ3v) is 5.31. The summed E-state index contributed by atoms with van der Waals surface area (Å²) in [4.78, 5) is 0.333. The molecule has 1 saturated heterocycles. The molecule has 0 spiro atoms. The van der Waals surface area contributed by atoms with Gasteiger partial charge in [0.2, 0.25) is 10.0 Å². The Bertz CT molecular complexity index is 564. The quantitative estimate of drug-likeness (QED) is 0.830. The highest BCUT2D eigenvalue weighted by Gasteiger charge is 2.26. The molecule has 5 nitrogen and oxygen atoms in total. The van der Waals surface area contributed by atoms with Gasteiger partial charge in [-0.25, -0.2) is 8.42 Å². The Labute approximate surface area is 125 Å². The van der Waals surface area contributed by atoms with Gasteiger partial charge in [-0.2, -0.15) is 4.31 Å². The lowest BCUT2D eigenvalue weighted by atomic mass is 10.3. The molecule has 1 aliphatic heterocycles. The van der Waals surface area contributed by atoms with E-state index in [0.717, 1.165) is 25.1 Å². The van der Waals surface area contributed by atoms with Crippen LogP contribution >= 0.6 is 12.2 Å². The number of rotatable bonds is 4. The summed E-state index contributed by atoms with van der Waals surface area (Å²) in [6, 6.07) is 6.69. The van der Waals surface area contributed by atoms with E-state index in [1.165, 1.54) is 0 Å². The number of thiocarbonyl (C=S) groups is 1. The molecule has 2 rings (SSSR count). The van der Waals surface area contributed by atoms with Crippen LogP contribution in [0.4, 0.5) is 5.69 Å². The molecular weight excluding hydrogens is 294 g/mol. The van der Waals surface area contributed by atoms with Crippen LogP contribution in [0.1, 0.15) is 19.8 Å². The molecule has 0 aromatic heterocycles. The topological polar surface area (TPSA) is 61.4 Å². The monoisotopic (exact) mass is 313 g/mol. The van der Waals surface area contributed by atoms with Gasteiger partial charge >= 0.3 is 0 Å². The second kappa shape index (κ2) is 6.51. The molecule has 20 heavy (non-hydrogen) atoms. The molecule has 1 aliphatic rings. The second-order valence-corrected chi connectivity index (χ2v) is 6.97. The van der Waals surface area contributed by atoms with E-state index in [-0.39, 0.29) is 0 Å². The molecule has 0 saturated carbocycles. The van der Waals surface area contributed by atoms with E-state index in [0.29, 0.717) is 23.1 Å². The molecule has 0 aliphatic carbocycles. The van der Waals surface area contributed by atoms with Crippen LogP contribution < -0.4 is 10.6 Å². The Morgan fingerprint density at radius 1 is 1.25 bits per heavy atom. The Hall–Kier alpha value is -1.18. The highest BCUT2D eigenvalue weighted by molar-refractivity contribution is 7.89. The van der Waals surface area contributed by atoms with Gasteiger partial charge in [0, 0.05) is 25.3 Å². The summed E-state index contributed by atoms with van der Waals surface area (Å²) < 4.78 is 26.2. The van der Waals surface area contributed by atoms with Crippen LogP contribution in [0.15, 0.2) is 29.2 Å². The molecule has 0 bridgehead atoms. The Morgan fingerprint density at radius 3 is 2.40 bits per heavy atom. The summed E-state index contributed by atoms with van der Waals surface area (Å²) in [5.74, 6) is 0. The number of nitrogens with zero attached hydrogens (tertiary/aromatic N) is 1. The lowest BCUT2D eigenvalue weighted by Crippen LogP contribution is -2.28. The van der Waals surface area contributed by atoms with Crippen molar-refractivity contribution in [1.29, 1.82) is 0 Å². The van der Waals surface area contributed by atoms with Crippen LogP contribution in [-0.4, -0.2) is 37.5 Å². The number of anilines is 1. The fourth-order valence-corrected chi connectivity index (χ4v) is 3.90. The molecule has 0 radical (unpaired) electrons. The van der Waals surface area contributed by atoms with E-state index in [2.05, 4.69) is 10.6 Å². The third-order valence-electron chi connectivity index (χ3n) is 3.15. The van der Waals surface area contributed by atoms with Gasteiger partial charge in [0.15, 0.2) is 5.11 Å². The SMILES string of the molecule is CCNC(=S)Nc1ccc(S(=O)(=O)N2CCCC2)cc1. The first-order valence-corrected chi connectivity index (χ1v) is 8.54. The van der Waals surface area contributed by atoms with Crippen molar-refractivity contribution in [3.63, 3.8) is 0 Å². The van der Waals surface area contributed by atoms with Crippen LogP contribution in [0, 0.1) is 0 Å². The average molecular weight is 313 g/mol. The van der Waals surface area contributed by atoms with Crippen molar-refractivity contribution in [3.05, 3.63) is 24.3 Å². The van der Waals surface area contributed by atoms with Gasteiger partial charge in [-0.3, -0.25) is 0 Å². The molecule has 0 unspecified atom stereocenters. The van der Waals surface area contributed by atoms with Crippen LogP contribution in [-0.2, 0) is 10.0 Å². The molecule has 1 aromatic rings. The first-order valence-electron chi connectivity index (χ1n) is 6.69. The van der Waals surface area contributed by atoms with Gasteiger partial charge in [0.05, 0.1) is 4.90 Å². The number of benzene rings is 1. The van der Waals surface area contributed by atoms with Crippen LogP contribution in [0.25, 0.3) is 0 Å². The maximum absolute atomic E-state index is 12.3. The molecule has 2 N–H and O–H groups in total. The smallest absolute Gasteiger partial charge is 0.243 e. The Morgan fingerprint density at radius 2 is 1.85 bits per heavy atom. The van der Waals surface area contributed by atoms with Gasteiger partial charge in [-0.1, -0.05) is 0 Å². The molecule has 0 amide bonds. The number of sulfonamides is 1. The van der Waals surface area contributed by atoms with Crippen molar-refractivity contribution >= 4 is 33.0 Å². The van der Waals surface area contributed by atoms with Gasteiger partial charge in [-0.15, -0.1) is 0 Å². The minimum absolute atomic E-state index is 0.333. The first-order chi connectivity index (χ1) is 9.54. The first kappa shape index (κ1) is 15.2. The molecule has 110 valence electrons. The number of nitrogens with one attached hydrogen (secondary N) is 2. The molecule has 0 atom stereocenters. The lowest BCUT2D eigenvalue weighted by Gasteiger charge is -2.16. The van der Waals surface area contributed by atoms with Gasteiger partial charge in [0.25, 0.3) is 0 Å². The molecular formula is C13H19N3O2S2. The molecule has 1 heterocycles. The summed E-state index contributed by atoms with van der Waals surface area (Å²) in [5, 5.41) is 6.51. The van der Waals surface area contributed by atoms with Crippen LogP contribution in [0.2, 0.25) is 0 Å². The summed E-state index contributed by atoms with van der Waals surface area (Å²) >= 11 is 5.08. The van der Waals surface area contributed by atoms with E-state index in [1.807, 2.05) is 6.92 Å². The Balaban J connectivity index is 2.09. The van der Waals surface area contributed by atoms with E-state index in [4.69, 9.17) is 12.2 Å². The zero-order valence-corrected chi connectivity index (χ0v) is 13.1. The van der Waals surface area contributed by atoms with E-state index in [9.17, 15) is 8.42 Å². The average Bonchev–Trinajstić information content (AvgIpc) is 2.94. The zero-order valence-electron chi connectivity index (χ0n) is 11.4. The van der Waals surface area contributed by atoms with E-state index in [1.54, 1.807) is 28.6 Å². The predicted octanol–water partition coefficient (Wildman–Crippen LogP) is 1.78. The van der Waals surface area contributed by atoms with Crippen molar-refractivity contribution in [1.82, 2.24) is 9.62 Å². The van der Waals surface area contributed by atoms with Crippen LogP contribution in [0.3, 0.4) is 0 Å². The van der Waals surface area contributed by atoms with E-state index < -0.39 is 10.0 Å². The normalized spacial score (nSPS) is 16.1. The molecule has 1 fully saturated rings. The summed E-state index contributed by atoms with van der Waals surface area (Å²) in [6.45, 7) is 3.94. The third kappa shape index (κ3) is 3.47. The lowest BCUT2D eigenvalue weighted by molar-refractivity contribution is 0.477. The highest BCUT2D eigenvalue weighted by atomic mass is 32.2. The zero-order chi connectivity index (χ0) is 14.6. The Kier molecular flexibility index (Phi) is 4.95. The maximum atomic E-state index is 12.3. The largest absolute Gasteiger partial charge is 0.363 e. The minimum atomic E-state index is -3.34. The van der Waals surface area contributed by atoms with Gasteiger partial charge in [-0.05, 0) is 56.2 Å². The summed E-state index contributed by atoms with van der Waals surface area (Å²) in [7, 11) is -3.34. The maximum Gasteiger partial charge on any atom is 0.243 e. The summed E-state index contributed by atoms with van der Waals surface area (Å²) in [6.07, 6.45) is 1.88. The van der Waals surface area contributed by atoms with Crippen molar-refractivity contribution in [2.45, 2.75) is 24.7 Å². The number of hydrogen-bond acceptors (Lipinski definition) is 3. The molecule has 1 aromatic carbocycles. The van der Waals surface area contributed by atoms with Crippen LogP contribution in [0.5, 0.6) is 0 Å². The van der Waals surface area contributed by atoms with Crippen molar-refractivity contribution < 1.29 is 8.42 Å². The van der Waals surface area contributed by atoms with Crippen molar-refractivity contribution in [2.24, 2.45) is 0 Å². The minimum Gasteiger partial charge on any atom is -0.363 e. The van der Waals surface area contributed by atoms with Crippen molar-refractivity contribution in [3.8, 4) is 0 Å². The fourth-order valence-electron chi connectivity index (χ4n) is 2.12. The van der Waals surface area contributed by atoms with Gasteiger partial charge in [0.1, 0.15) is 0 Å².